The van der Waals surface area contributed by atoms with Crippen LogP contribution in [0, 0.1) is 5.92 Å². The van der Waals surface area contributed by atoms with Crippen molar-refractivity contribution in [3.8, 4) is 0 Å². The third-order valence-corrected chi connectivity index (χ3v) is 3.84. The highest BCUT2D eigenvalue weighted by atomic mass is 16.1. The largest absolute Gasteiger partial charge is 0.359 e. The molecule has 0 aromatic heterocycles. The lowest BCUT2D eigenvalue weighted by molar-refractivity contribution is -0.120. The van der Waals surface area contributed by atoms with Crippen LogP contribution >= 0.6 is 0 Å². The van der Waals surface area contributed by atoms with Crippen LogP contribution in [0.3, 0.4) is 0 Å². The summed E-state index contributed by atoms with van der Waals surface area (Å²) >= 11 is 0. The van der Waals surface area contributed by atoms with Gasteiger partial charge in [-0.2, -0.15) is 0 Å². The molecule has 0 radical (unpaired) electrons. The molecule has 2 N–H and O–H groups in total. The highest BCUT2D eigenvalue weighted by Crippen LogP contribution is 2.27. The van der Waals surface area contributed by atoms with Crippen molar-refractivity contribution in [2.45, 2.75) is 64.3 Å². The normalized spacial score (nSPS) is 24.6. The standard InChI is InChI=1S/C14H28N2O/c1-3-5-12-7-9-13(10-8-12)16-11-4-6-14(17)15-2/h12-13,16H,3-11H2,1-2H3,(H,15,17). The Balaban J connectivity index is 2.00. The molecule has 0 saturated heterocycles. The van der Waals surface area contributed by atoms with Crippen LogP contribution in [-0.2, 0) is 4.79 Å². The fraction of sp³-hybridized carbons (Fsp3) is 0.929. The summed E-state index contributed by atoms with van der Waals surface area (Å²) in [4.78, 5) is 11.0. The van der Waals surface area contributed by atoms with Crippen LogP contribution < -0.4 is 10.6 Å². The maximum atomic E-state index is 11.0. The van der Waals surface area contributed by atoms with Crippen molar-refractivity contribution in [1.82, 2.24) is 10.6 Å². The highest BCUT2D eigenvalue weighted by Gasteiger charge is 2.19. The molecule has 3 heteroatoms. The summed E-state index contributed by atoms with van der Waals surface area (Å²) in [6, 6.07) is 0.702. The molecule has 100 valence electrons. The van der Waals surface area contributed by atoms with E-state index in [0.29, 0.717) is 12.5 Å². The van der Waals surface area contributed by atoms with Gasteiger partial charge in [-0.3, -0.25) is 4.79 Å². The quantitative estimate of drug-likeness (QED) is 0.671. The molecule has 0 heterocycles. The zero-order valence-corrected chi connectivity index (χ0v) is 11.4. The Morgan fingerprint density at radius 2 is 1.94 bits per heavy atom. The first kappa shape index (κ1) is 14.5. The van der Waals surface area contributed by atoms with Crippen LogP contribution in [0.25, 0.3) is 0 Å². The second kappa shape index (κ2) is 8.51. The van der Waals surface area contributed by atoms with E-state index in [1.807, 2.05) is 0 Å². The third kappa shape index (κ3) is 6.06. The first-order valence-electron chi connectivity index (χ1n) is 7.20. The lowest BCUT2D eigenvalue weighted by Gasteiger charge is -2.29. The molecule has 1 fully saturated rings. The summed E-state index contributed by atoms with van der Waals surface area (Å²) in [5, 5.41) is 6.24. The van der Waals surface area contributed by atoms with Crippen molar-refractivity contribution in [2.24, 2.45) is 5.92 Å². The van der Waals surface area contributed by atoms with Crippen molar-refractivity contribution >= 4 is 5.91 Å². The molecular formula is C14H28N2O. The lowest BCUT2D eigenvalue weighted by atomic mass is 9.83. The van der Waals surface area contributed by atoms with Crippen molar-refractivity contribution in [3.05, 3.63) is 0 Å². The topological polar surface area (TPSA) is 41.1 Å². The van der Waals surface area contributed by atoms with Crippen LogP contribution in [0.4, 0.5) is 0 Å². The molecule has 0 atom stereocenters. The number of carbonyl (C=O) groups is 1. The van der Waals surface area contributed by atoms with Crippen molar-refractivity contribution in [2.75, 3.05) is 13.6 Å². The lowest BCUT2D eigenvalue weighted by Crippen LogP contribution is -2.34. The van der Waals surface area contributed by atoms with Crippen LogP contribution in [0.1, 0.15) is 58.3 Å². The Bertz CT molecular complexity index is 210. The van der Waals surface area contributed by atoms with Gasteiger partial charge in [0.15, 0.2) is 0 Å². The number of carbonyl (C=O) groups excluding carboxylic acids is 1. The summed E-state index contributed by atoms with van der Waals surface area (Å²) in [5.74, 6) is 1.13. The van der Waals surface area contributed by atoms with Gasteiger partial charge in [-0.25, -0.2) is 0 Å². The molecule has 3 nitrogen and oxygen atoms in total. The average Bonchev–Trinajstić information content (AvgIpc) is 2.36. The van der Waals surface area contributed by atoms with Gasteiger partial charge in [0.25, 0.3) is 0 Å². The molecule has 0 bridgehead atoms. The van der Waals surface area contributed by atoms with Gasteiger partial charge in [-0.1, -0.05) is 19.8 Å². The van der Waals surface area contributed by atoms with E-state index in [9.17, 15) is 4.79 Å². The number of amides is 1. The van der Waals surface area contributed by atoms with E-state index in [0.717, 1.165) is 18.9 Å². The number of hydrogen-bond acceptors (Lipinski definition) is 2. The summed E-state index contributed by atoms with van der Waals surface area (Å²) in [6.07, 6.45) is 9.76. The van der Waals surface area contributed by atoms with Crippen LogP contribution in [0.5, 0.6) is 0 Å². The number of hydrogen-bond donors (Lipinski definition) is 2. The maximum absolute atomic E-state index is 11.0. The monoisotopic (exact) mass is 240 g/mol. The van der Waals surface area contributed by atoms with E-state index >= 15 is 0 Å². The molecule has 0 unspecified atom stereocenters. The Morgan fingerprint density at radius 1 is 1.24 bits per heavy atom. The molecule has 1 saturated carbocycles. The Morgan fingerprint density at radius 3 is 2.53 bits per heavy atom. The minimum absolute atomic E-state index is 0.151. The molecule has 17 heavy (non-hydrogen) atoms. The molecule has 0 aromatic carbocycles. The molecule has 1 rings (SSSR count). The first-order valence-corrected chi connectivity index (χ1v) is 7.20. The Hall–Kier alpha value is -0.570. The highest BCUT2D eigenvalue weighted by molar-refractivity contribution is 5.75. The molecule has 0 aromatic rings. The fourth-order valence-electron chi connectivity index (χ4n) is 2.74. The van der Waals surface area contributed by atoms with Gasteiger partial charge >= 0.3 is 0 Å². The summed E-state index contributed by atoms with van der Waals surface area (Å²) in [6.45, 7) is 3.26. The predicted octanol–water partition coefficient (Wildman–Crippen LogP) is 2.46. The molecule has 1 amide bonds. The van der Waals surface area contributed by atoms with Crippen LogP contribution in [0.15, 0.2) is 0 Å². The zero-order chi connectivity index (χ0) is 12.5. The van der Waals surface area contributed by atoms with Crippen LogP contribution in [-0.4, -0.2) is 25.5 Å². The average molecular weight is 240 g/mol. The zero-order valence-electron chi connectivity index (χ0n) is 11.4. The van der Waals surface area contributed by atoms with Gasteiger partial charge in [0.1, 0.15) is 0 Å². The molecule has 0 spiro atoms. The van der Waals surface area contributed by atoms with Gasteiger partial charge in [-0.15, -0.1) is 0 Å². The minimum atomic E-state index is 0.151. The number of nitrogens with one attached hydrogen (secondary N) is 2. The van der Waals surface area contributed by atoms with Gasteiger partial charge in [0.05, 0.1) is 0 Å². The van der Waals surface area contributed by atoms with Crippen molar-refractivity contribution < 1.29 is 4.79 Å². The van der Waals surface area contributed by atoms with Gasteiger partial charge < -0.3 is 10.6 Å². The molecule has 1 aliphatic rings. The smallest absolute Gasteiger partial charge is 0.219 e. The summed E-state index contributed by atoms with van der Waals surface area (Å²) in [7, 11) is 1.70. The maximum Gasteiger partial charge on any atom is 0.219 e. The molecule has 1 aliphatic carbocycles. The first-order chi connectivity index (χ1) is 8.26. The second-order valence-electron chi connectivity index (χ2n) is 5.24. The van der Waals surface area contributed by atoms with E-state index in [-0.39, 0.29) is 5.91 Å². The van der Waals surface area contributed by atoms with Gasteiger partial charge in [0.2, 0.25) is 5.91 Å². The number of rotatable bonds is 7. The van der Waals surface area contributed by atoms with E-state index in [1.54, 1.807) is 7.05 Å². The van der Waals surface area contributed by atoms with Crippen LogP contribution in [0.2, 0.25) is 0 Å². The Labute approximate surface area is 106 Å². The van der Waals surface area contributed by atoms with E-state index in [4.69, 9.17) is 0 Å². The van der Waals surface area contributed by atoms with E-state index < -0.39 is 0 Å². The van der Waals surface area contributed by atoms with Crippen molar-refractivity contribution in [3.63, 3.8) is 0 Å². The minimum Gasteiger partial charge on any atom is -0.359 e. The summed E-state index contributed by atoms with van der Waals surface area (Å²) in [5.41, 5.74) is 0. The van der Waals surface area contributed by atoms with Crippen molar-refractivity contribution in [1.29, 1.82) is 0 Å². The summed E-state index contributed by atoms with van der Waals surface area (Å²) < 4.78 is 0. The molecule has 0 aliphatic heterocycles. The van der Waals surface area contributed by atoms with E-state index in [2.05, 4.69) is 17.6 Å². The van der Waals surface area contributed by atoms with Gasteiger partial charge in [0, 0.05) is 19.5 Å². The second-order valence-corrected chi connectivity index (χ2v) is 5.24. The van der Waals surface area contributed by atoms with Gasteiger partial charge in [-0.05, 0) is 44.6 Å². The SMILES string of the molecule is CCCC1CCC(NCCCC(=O)NC)CC1. The predicted molar refractivity (Wildman–Crippen MR) is 72.0 cm³/mol. The van der Waals surface area contributed by atoms with E-state index in [1.165, 1.54) is 38.5 Å². The Kier molecular flexibility index (Phi) is 7.25. The fourth-order valence-corrected chi connectivity index (χ4v) is 2.74. The molecular weight excluding hydrogens is 212 g/mol. The third-order valence-electron chi connectivity index (χ3n) is 3.84.